The fourth-order valence-corrected chi connectivity index (χ4v) is 1.51. The lowest BCUT2D eigenvalue weighted by Gasteiger charge is -1.89. The SMILES string of the molecule is C=Cc1nnc(-c2cncnc2)s1. The lowest BCUT2D eigenvalue weighted by atomic mass is 10.4. The minimum Gasteiger partial charge on any atom is -0.244 e. The second kappa shape index (κ2) is 3.40. The monoisotopic (exact) mass is 190 g/mol. The van der Waals surface area contributed by atoms with Crippen molar-refractivity contribution in [3.8, 4) is 10.6 Å². The Balaban J connectivity index is 2.41. The Hall–Kier alpha value is -1.62. The van der Waals surface area contributed by atoms with E-state index < -0.39 is 0 Å². The van der Waals surface area contributed by atoms with Crippen LogP contribution in [0.3, 0.4) is 0 Å². The summed E-state index contributed by atoms with van der Waals surface area (Å²) in [7, 11) is 0. The zero-order chi connectivity index (χ0) is 9.10. The number of hydrogen-bond donors (Lipinski definition) is 0. The van der Waals surface area contributed by atoms with Crippen LogP contribution < -0.4 is 0 Å². The van der Waals surface area contributed by atoms with Gasteiger partial charge in [-0.1, -0.05) is 17.9 Å². The molecule has 0 saturated carbocycles. The molecule has 0 atom stereocenters. The van der Waals surface area contributed by atoms with Gasteiger partial charge in [-0.3, -0.25) is 0 Å². The van der Waals surface area contributed by atoms with Gasteiger partial charge >= 0.3 is 0 Å². The second-order valence-electron chi connectivity index (χ2n) is 2.28. The summed E-state index contributed by atoms with van der Waals surface area (Å²) in [5, 5.41) is 9.50. The van der Waals surface area contributed by atoms with Crippen LogP contribution in [-0.4, -0.2) is 20.2 Å². The van der Waals surface area contributed by atoms with E-state index in [1.54, 1.807) is 18.5 Å². The topological polar surface area (TPSA) is 51.6 Å². The molecule has 0 fully saturated rings. The van der Waals surface area contributed by atoms with Crippen LogP contribution in [0.25, 0.3) is 16.6 Å². The van der Waals surface area contributed by atoms with Crippen molar-refractivity contribution in [2.45, 2.75) is 0 Å². The first-order chi connectivity index (χ1) is 6.40. The van der Waals surface area contributed by atoms with Gasteiger partial charge in [-0.2, -0.15) is 0 Å². The summed E-state index contributed by atoms with van der Waals surface area (Å²) in [6, 6.07) is 0. The molecule has 0 amide bonds. The molecule has 5 heteroatoms. The largest absolute Gasteiger partial charge is 0.244 e. The van der Waals surface area contributed by atoms with Gasteiger partial charge in [0.2, 0.25) is 0 Å². The number of aromatic nitrogens is 4. The molecule has 2 aromatic rings. The maximum atomic E-state index is 3.97. The molecule has 4 nitrogen and oxygen atoms in total. The molecule has 0 unspecified atom stereocenters. The molecule has 2 heterocycles. The highest BCUT2D eigenvalue weighted by atomic mass is 32.1. The van der Waals surface area contributed by atoms with Crippen molar-refractivity contribution in [3.05, 3.63) is 30.3 Å². The van der Waals surface area contributed by atoms with E-state index in [0.29, 0.717) is 0 Å². The van der Waals surface area contributed by atoms with E-state index in [2.05, 4.69) is 26.7 Å². The molecule has 0 radical (unpaired) electrons. The highest BCUT2D eigenvalue weighted by molar-refractivity contribution is 7.15. The Labute approximate surface area is 79.0 Å². The van der Waals surface area contributed by atoms with Crippen molar-refractivity contribution in [1.29, 1.82) is 0 Å². The van der Waals surface area contributed by atoms with E-state index >= 15 is 0 Å². The van der Waals surface area contributed by atoms with Crippen molar-refractivity contribution in [2.75, 3.05) is 0 Å². The zero-order valence-corrected chi connectivity index (χ0v) is 7.53. The number of hydrogen-bond acceptors (Lipinski definition) is 5. The lowest BCUT2D eigenvalue weighted by molar-refractivity contribution is 1.08. The highest BCUT2D eigenvalue weighted by Gasteiger charge is 2.03. The Morgan fingerprint density at radius 1 is 1.23 bits per heavy atom. The fourth-order valence-electron chi connectivity index (χ4n) is 0.843. The standard InChI is InChI=1S/C8H6N4S/c1-2-7-11-12-8(13-7)6-3-9-5-10-4-6/h2-5H,1H2. The van der Waals surface area contributed by atoms with E-state index in [0.717, 1.165) is 15.6 Å². The molecule has 2 rings (SSSR count). The fraction of sp³-hybridized carbons (Fsp3) is 0. The van der Waals surface area contributed by atoms with Gasteiger partial charge in [0.15, 0.2) is 5.01 Å². The normalized spacial score (nSPS) is 9.85. The Bertz CT molecular complexity index is 409. The molecule has 0 aliphatic carbocycles. The van der Waals surface area contributed by atoms with Crippen molar-refractivity contribution in [3.63, 3.8) is 0 Å². The summed E-state index contributed by atoms with van der Waals surface area (Å²) in [6.07, 6.45) is 6.57. The molecule has 13 heavy (non-hydrogen) atoms. The van der Waals surface area contributed by atoms with Gasteiger partial charge in [0.1, 0.15) is 11.3 Å². The summed E-state index contributed by atoms with van der Waals surface area (Å²) in [4.78, 5) is 7.80. The summed E-state index contributed by atoms with van der Waals surface area (Å²) >= 11 is 1.47. The average Bonchev–Trinajstić information content (AvgIpc) is 2.67. The zero-order valence-electron chi connectivity index (χ0n) is 6.71. The Kier molecular flexibility index (Phi) is 2.09. The average molecular weight is 190 g/mol. The molecular formula is C8H6N4S. The first kappa shape index (κ1) is 8.00. The van der Waals surface area contributed by atoms with Gasteiger partial charge in [0.25, 0.3) is 0 Å². The molecule has 2 aromatic heterocycles. The molecule has 0 bridgehead atoms. The molecule has 0 N–H and O–H groups in total. The highest BCUT2D eigenvalue weighted by Crippen LogP contribution is 2.21. The van der Waals surface area contributed by atoms with Gasteiger partial charge in [0, 0.05) is 18.0 Å². The lowest BCUT2D eigenvalue weighted by Crippen LogP contribution is -1.80. The summed E-state index contributed by atoms with van der Waals surface area (Å²) in [5.74, 6) is 0. The predicted octanol–water partition coefficient (Wildman–Crippen LogP) is 1.64. The van der Waals surface area contributed by atoms with E-state index in [9.17, 15) is 0 Å². The van der Waals surface area contributed by atoms with Crippen LogP contribution in [0.2, 0.25) is 0 Å². The van der Waals surface area contributed by atoms with E-state index in [1.165, 1.54) is 17.7 Å². The smallest absolute Gasteiger partial charge is 0.151 e. The van der Waals surface area contributed by atoms with Crippen molar-refractivity contribution >= 4 is 17.4 Å². The first-order valence-electron chi connectivity index (χ1n) is 3.61. The molecule has 0 saturated heterocycles. The van der Waals surface area contributed by atoms with E-state index in [1.807, 2.05) is 0 Å². The van der Waals surface area contributed by atoms with Crippen LogP contribution in [-0.2, 0) is 0 Å². The Morgan fingerprint density at radius 3 is 2.62 bits per heavy atom. The molecule has 0 aliphatic heterocycles. The van der Waals surface area contributed by atoms with E-state index in [4.69, 9.17) is 0 Å². The Morgan fingerprint density at radius 2 is 2.00 bits per heavy atom. The molecule has 0 aliphatic rings. The van der Waals surface area contributed by atoms with Crippen molar-refractivity contribution in [2.24, 2.45) is 0 Å². The molecule has 64 valence electrons. The predicted molar refractivity (Wildman–Crippen MR) is 51.0 cm³/mol. The van der Waals surface area contributed by atoms with Crippen LogP contribution in [0.1, 0.15) is 5.01 Å². The second-order valence-corrected chi connectivity index (χ2v) is 3.29. The summed E-state index contributed by atoms with van der Waals surface area (Å²) in [6.45, 7) is 3.61. The van der Waals surface area contributed by atoms with Crippen LogP contribution in [0, 0.1) is 0 Å². The van der Waals surface area contributed by atoms with Crippen molar-refractivity contribution in [1.82, 2.24) is 20.2 Å². The van der Waals surface area contributed by atoms with Gasteiger partial charge in [-0.25, -0.2) is 9.97 Å². The molecule has 0 spiro atoms. The number of nitrogens with zero attached hydrogens (tertiary/aromatic N) is 4. The summed E-state index contributed by atoms with van der Waals surface area (Å²) < 4.78 is 0. The quantitative estimate of drug-likeness (QED) is 0.722. The van der Waals surface area contributed by atoms with Crippen LogP contribution >= 0.6 is 11.3 Å². The molecule has 0 aromatic carbocycles. The maximum Gasteiger partial charge on any atom is 0.151 e. The third-order valence-electron chi connectivity index (χ3n) is 1.42. The first-order valence-corrected chi connectivity index (χ1v) is 4.43. The minimum atomic E-state index is 0.804. The maximum absolute atomic E-state index is 3.97. The minimum absolute atomic E-state index is 0.804. The molecular weight excluding hydrogens is 184 g/mol. The van der Waals surface area contributed by atoms with Crippen LogP contribution in [0.4, 0.5) is 0 Å². The van der Waals surface area contributed by atoms with Crippen LogP contribution in [0.15, 0.2) is 25.3 Å². The van der Waals surface area contributed by atoms with E-state index in [-0.39, 0.29) is 0 Å². The third-order valence-corrected chi connectivity index (χ3v) is 2.39. The number of rotatable bonds is 2. The van der Waals surface area contributed by atoms with Gasteiger partial charge in [0.05, 0.1) is 0 Å². The van der Waals surface area contributed by atoms with Gasteiger partial charge in [-0.05, 0) is 6.08 Å². The van der Waals surface area contributed by atoms with Gasteiger partial charge in [-0.15, -0.1) is 10.2 Å². The summed E-state index contributed by atoms with van der Waals surface area (Å²) in [5.41, 5.74) is 0.883. The third kappa shape index (κ3) is 1.59. The van der Waals surface area contributed by atoms with Crippen molar-refractivity contribution < 1.29 is 0 Å². The van der Waals surface area contributed by atoms with Gasteiger partial charge < -0.3 is 0 Å². The van der Waals surface area contributed by atoms with Crippen LogP contribution in [0.5, 0.6) is 0 Å².